The van der Waals surface area contributed by atoms with E-state index in [0.717, 1.165) is 45.4 Å². The van der Waals surface area contributed by atoms with Crippen LogP contribution in [0.2, 0.25) is 0 Å². The number of rotatable bonds is 2. The highest BCUT2D eigenvalue weighted by Crippen LogP contribution is 2.28. The molecule has 3 heteroatoms. The summed E-state index contributed by atoms with van der Waals surface area (Å²) in [5.41, 5.74) is -0.451. The van der Waals surface area contributed by atoms with Crippen LogP contribution >= 0.6 is 0 Å². The fraction of sp³-hybridized carbons (Fsp3) is 1.00. The summed E-state index contributed by atoms with van der Waals surface area (Å²) in [7, 11) is 0. The molecule has 0 bridgehead atoms. The average molecular weight is 199 g/mol. The second-order valence-corrected chi connectivity index (χ2v) is 4.67. The van der Waals surface area contributed by atoms with E-state index in [1.165, 1.54) is 12.8 Å². The highest BCUT2D eigenvalue weighted by Gasteiger charge is 2.32. The van der Waals surface area contributed by atoms with Gasteiger partial charge in [0.1, 0.15) is 0 Å². The summed E-state index contributed by atoms with van der Waals surface area (Å²) in [6, 6.07) is 0. The van der Waals surface area contributed by atoms with Gasteiger partial charge in [-0.3, -0.25) is 0 Å². The van der Waals surface area contributed by atoms with Crippen molar-refractivity contribution in [2.24, 2.45) is 0 Å². The van der Waals surface area contributed by atoms with Crippen LogP contribution in [0, 0.1) is 0 Å². The van der Waals surface area contributed by atoms with Gasteiger partial charge in [-0.2, -0.15) is 0 Å². The summed E-state index contributed by atoms with van der Waals surface area (Å²) in [4.78, 5) is 0. The Balaban J connectivity index is 1.81. The van der Waals surface area contributed by atoms with E-state index in [9.17, 15) is 5.11 Å². The van der Waals surface area contributed by atoms with Crippen molar-refractivity contribution < 1.29 is 9.84 Å². The number of aliphatic hydroxyl groups is 1. The Hall–Kier alpha value is -0.120. The summed E-state index contributed by atoms with van der Waals surface area (Å²) in [6.45, 7) is 2.78. The molecule has 0 aromatic carbocycles. The third kappa shape index (κ3) is 2.69. The Bertz CT molecular complexity index is 172. The Kier molecular flexibility index (Phi) is 3.42. The highest BCUT2D eigenvalue weighted by atomic mass is 16.5. The Labute approximate surface area is 85.8 Å². The third-order valence-electron chi connectivity index (χ3n) is 3.42. The van der Waals surface area contributed by atoms with Crippen molar-refractivity contribution in [2.45, 2.75) is 50.2 Å². The molecule has 0 radical (unpaired) electrons. The molecule has 1 unspecified atom stereocenters. The van der Waals surface area contributed by atoms with Crippen LogP contribution in [0.5, 0.6) is 0 Å². The van der Waals surface area contributed by atoms with Gasteiger partial charge in [0, 0.05) is 13.0 Å². The van der Waals surface area contributed by atoms with Crippen LogP contribution in [-0.4, -0.2) is 36.5 Å². The van der Waals surface area contributed by atoms with Crippen LogP contribution in [0.15, 0.2) is 0 Å². The summed E-state index contributed by atoms with van der Waals surface area (Å²) in [5, 5.41) is 13.6. The molecule has 2 heterocycles. The summed E-state index contributed by atoms with van der Waals surface area (Å²) in [5.74, 6) is 0. The summed E-state index contributed by atoms with van der Waals surface area (Å²) >= 11 is 0. The molecular formula is C11H21NO2. The van der Waals surface area contributed by atoms with Crippen molar-refractivity contribution in [2.75, 3.05) is 19.7 Å². The molecule has 3 nitrogen and oxygen atoms in total. The molecule has 0 aromatic rings. The van der Waals surface area contributed by atoms with Crippen LogP contribution in [0.25, 0.3) is 0 Å². The molecule has 2 aliphatic rings. The van der Waals surface area contributed by atoms with Crippen LogP contribution in [0.1, 0.15) is 38.5 Å². The molecular weight excluding hydrogens is 178 g/mol. The van der Waals surface area contributed by atoms with Crippen molar-refractivity contribution in [3.8, 4) is 0 Å². The third-order valence-corrected chi connectivity index (χ3v) is 3.42. The number of piperidine rings is 1. The number of nitrogens with one attached hydrogen (secondary N) is 1. The largest absolute Gasteiger partial charge is 0.390 e. The van der Waals surface area contributed by atoms with Crippen molar-refractivity contribution in [3.63, 3.8) is 0 Å². The molecule has 2 aliphatic heterocycles. The minimum Gasteiger partial charge on any atom is -0.390 e. The standard InChI is InChI=1S/C11H21NO2/c13-11(4-6-12-7-5-11)9-10-3-1-2-8-14-10/h10,12-13H,1-9H2. The summed E-state index contributed by atoms with van der Waals surface area (Å²) < 4.78 is 5.67. The molecule has 1 atom stereocenters. The molecule has 2 saturated heterocycles. The zero-order chi connectivity index (χ0) is 9.86. The Morgan fingerprint density at radius 2 is 2.07 bits per heavy atom. The maximum atomic E-state index is 10.3. The SMILES string of the molecule is OC1(CC2CCCCO2)CCNCC1. The van der Waals surface area contributed by atoms with Gasteiger partial charge in [0.15, 0.2) is 0 Å². The van der Waals surface area contributed by atoms with Gasteiger partial charge in [-0.25, -0.2) is 0 Å². The molecule has 2 N–H and O–H groups in total. The van der Waals surface area contributed by atoms with Gasteiger partial charge in [-0.1, -0.05) is 0 Å². The normalized spacial score (nSPS) is 32.8. The lowest BCUT2D eigenvalue weighted by Crippen LogP contribution is -2.44. The molecule has 0 spiro atoms. The van der Waals surface area contributed by atoms with Crippen LogP contribution in [0.3, 0.4) is 0 Å². The topological polar surface area (TPSA) is 41.5 Å². The molecule has 0 amide bonds. The number of hydrogen-bond acceptors (Lipinski definition) is 3. The predicted octanol–water partition coefficient (Wildman–Crippen LogP) is 1.06. The first kappa shape index (κ1) is 10.4. The highest BCUT2D eigenvalue weighted by molar-refractivity contribution is 4.87. The Morgan fingerprint density at radius 3 is 2.71 bits per heavy atom. The first-order chi connectivity index (χ1) is 6.79. The molecule has 0 aromatic heterocycles. The zero-order valence-electron chi connectivity index (χ0n) is 8.80. The lowest BCUT2D eigenvalue weighted by atomic mass is 9.85. The minimum atomic E-state index is -0.451. The van der Waals surface area contributed by atoms with Gasteiger partial charge in [0.2, 0.25) is 0 Å². The van der Waals surface area contributed by atoms with E-state index < -0.39 is 5.60 Å². The van der Waals surface area contributed by atoms with E-state index in [2.05, 4.69) is 5.32 Å². The second-order valence-electron chi connectivity index (χ2n) is 4.67. The first-order valence-electron chi connectivity index (χ1n) is 5.83. The quantitative estimate of drug-likeness (QED) is 0.698. The fourth-order valence-electron chi connectivity index (χ4n) is 2.49. The molecule has 0 saturated carbocycles. The van der Waals surface area contributed by atoms with E-state index in [1.54, 1.807) is 0 Å². The van der Waals surface area contributed by atoms with Gasteiger partial charge in [0.25, 0.3) is 0 Å². The smallest absolute Gasteiger partial charge is 0.0696 e. The van der Waals surface area contributed by atoms with Gasteiger partial charge < -0.3 is 15.2 Å². The molecule has 0 aliphatic carbocycles. The van der Waals surface area contributed by atoms with Gasteiger partial charge in [0.05, 0.1) is 11.7 Å². The van der Waals surface area contributed by atoms with Gasteiger partial charge in [-0.15, -0.1) is 0 Å². The van der Waals surface area contributed by atoms with Gasteiger partial charge in [-0.05, 0) is 45.2 Å². The van der Waals surface area contributed by atoms with Crippen LogP contribution in [0.4, 0.5) is 0 Å². The van der Waals surface area contributed by atoms with Crippen LogP contribution < -0.4 is 5.32 Å². The van der Waals surface area contributed by atoms with Gasteiger partial charge >= 0.3 is 0 Å². The maximum Gasteiger partial charge on any atom is 0.0696 e. The molecule has 2 rings (SSSR count). The number of hydrogen-bond donors (Lipinski definition) is 2. The van der Waals surface area contributed by atoms with Crippen molar-refractivity contribution in [1.29, 1.82) is 0 Å². The minimum absolute atomic E-state index is 0.312. The molecule has 2 fully saturated rings. The molecule has 82 valence electrons. The van der Waals surface area contributed by atoms with Crippen LogP contribution in [-0.2, 0) is 4.74 Å². The lowest BCUT2D eigenvalue weighted by molar-refractivity contribution is -0.0691. The predicted molar refractivity (Wildman–Crippen MR) is 55.3 cm³/mol. The van der Waals surface area contributed by atoms with E-state index in [1.807, 2.05) is 0 Å². The van der Waals surface area contributed by atoms with E-state index >= 15 is 0 Å². The number of ether oxygens (including phenoxy) is 1. The maximum absolute atomic E-state index is 10.3. The fourth-order valence-corrected chi connectivity index (χ4v) is 2.49. The monoisotopic (exact) mass is 199 g/mol. The Morgan fingerprint density at radius 1 is 1.29 bits per heavy atom. The van der Waals surface area contributed by atoms with E-state index in [4.69, 9.17) is 4.74 Å². The summed E-state index contributed by atoms with van der Waals surface area (Å²) in [6.07, 6.45) is 6.51. The van der Waals surface area contributed by atoms with Crippen molar-refractivity contribution in [1.82, 2.24) is 5.32 Å². The van der Waals surface area contributed by atoms with E-state index in [-0.39, 0.29) is 0 Å². The van der Waals surface area contributed by atoms with Crippen molar-refractivity contribution in [3.05, 3.63) is 0 Å². The van der Waals surface area contributed by atoms with Crippen molar-refractivity contribution >= 4 is 0 Å². The van der Waals surface area contributed by atoms with E-state index in [0.29, 0.717) is 6.10 Å². The lowest BCUT2D eigenvalue weighted by Gasteiger charge is -2.36. The average Bonchev–Trinajstić information content (AvgIpc) is 2.19. The zero-order valence-corrected chi connectivity index (χ0v) is 8.80. The first-order valence-corrected chi connectivity index (χ1v) is 5.83. The molecule has 14 heavy (non-hydrogen) atoms. The second kappa shape index (κ2) is 4.60.